The molecule has 0 radical (unpaired) electrons. The van der Waals surface area contributed by atoms with Crippen molar-refractivity contribution in [2.24, 2.45) is 5.10 Å². The third-order valence-corrected chi connectivity index (χ3v) is 6.30. The van der Waals surface area contributed by atoms with Gasteiger partial charge < -0.3 is 0 Å². The van der Waals surface area contributed by atoms with E-state index in [4.69, 9.17) is 5.10 Å². The molecule has 5 nitrogen and oxygen atoms in total. The van der Waals surface area contributed by atoms with E-state index in [0.717, 1.165) is 36.1 Å². The zero-order valence-electron chi connectivity index (χ0n) is 18.8. The van der Waals surface area contributed by atoms with Gasteiger partial charge in [0.15, 0.2) is 0 Å². The smallest absolute Gasteiger partial charge is 0.268 e. The summed E-state index contributed by atoms with van der Waals surface area (Å²) in [4.78, 5) is 13.5. The molecule has 0 aliphatic carbocycles. The van der Waals surface area contributed by atoms with Crippen molar-refractivity contribution < 1.29 is 4.79 Å². The lowest BCUT2D eigenvalue weighted by Crippen LogP contribution is -2.45. The highest BCUT2D eigenvalue weighted by Gasteiger charge is 2.44. The molecule has 0 spiro atoms. The Morgan fingerprint density at radius 3 is 2.35 bits per heavy atom. The lowest BCUT2D eigenvalue weighted by molar-refractivity contribution is 0.0521. The molecule has 2 aromatic carbocycles. The van der Waals surface area contributed by atoms with E-state index in [1.807, 2.05) is 29.1 Å². The predicted molar refractivity (Wildman–Crippen MR) is 124 cm³/mol. The molecule has 0 fully saturated rings. The number of nitrogens with zero attached hydrogens (tertiary/aromatic N) is 4. The molecule has 0 unspecified atom stereocenters. The van der Waals surface area contributed by atoms with Gasteiger partial charge in [0.05, 0.1) is 29.6 Å². The fraction of sp³-hybridized carbons (Fsp3) is 0.346. The summed E-state index contributed by atoms with van der Waals surface area (Å²) in [5, 5.41) is 11.0. The molecule has 0 saturated heterocycles. The lowest BCUT2D eigenvalue weighted by atomic mass is 9.85. The van der Waals surface area contributed by atoms with E-state index >= 15 is 0 Å². The molecule has 0 saturated carbocycles. The van der Waals surface area contributed by atoms with Gasteiger partial charge in [0.25, 0.3) is 5.91 Å². The van der Waals surface area contributed by atoms with Crippen LogP contribution in [-0.2, 0) is 6.54 Å². The van der Waals surface area contributed by atoms with Crippen LogP contribution in [0.25, 0.3) is 0 Å². The molecule has 4 rings (SSSR count). The van der Waals surface area contributed by atoms with Crippen molar-refractivity contribution in [3.8, 4) is 0 Å². The Kier molecular flexibility index (Phi) is 5.77. The van der Waals surface area contributed by atoms with Gasteiger partial charge >= 0.3 is 0 Å². The molecular formula is C26H30N4O. The standard InChI is InChI=1S/C26H30N4O/c1-5-26(6-2)15-24(22-13-19(3)12-20(4)14-22)28-30(26)25(31)23-16-27-29(18-23)17-21-10-8-7-9-11-21/h7-14,16,18H,5-6,15,17H2,1-4H3. The van der Waals surface area contributed by atoms with Gasteiger partial charge in [0, 0.05) is 12.6 Å². The van der Waals surface area contributed by atoms with Crippen molar-refractivity contribution in [3.05, 3.63) is 88.7 Å². The van der Waals surface area contributed by atoms with Gasteiger partial charge in [-0.3, -0.25) is 9.48 Å². The van der Waals surface area contributed by atoms with E-state index in [1.54, 1.807) is 11.2 Å². The molecule has 3 aromatic rings. The zero-order chi connectivity index (χ0) is 22.0. The molecule has 5 heteroatoms. The number of aryl methyl sites for hydroxylation is 2. The summed E-state index contributed by atoms with van der Waals surface area (Å²) in [6, 6.07) is 16.6. The molecule has 160 valence electrons. The number of benzene rings is 2. The monoisotopic (exact) mass is 414 g/mol. The van der Waals surface area contributed by atoms with Crippen LogP contribution in [0.15, 0.2) is 66.0 Å². The van der Waals surface area contributed by atoms with Crippen molar-refractivity contribution in [3.63, 3.8) is 0 Å². The highest BCUT2D eigenvalue weighted by atomic mass is 16.2. The van der Waals surface area contributed by atoms with Crippen molar-refractivity contribution >= 4 is 11.6 Å². The first-order valence-corrected chi connectivity index (χ1v) is 11.0. The summed E-state index contributed by atoms with van der Waals surface area (Å²) in [5.74, 6) is -0.0811. The number of carbonyl (C=O) groups is 1. The molecule has 1 amide bonds. The third kappa shape index (κ3) is 4.18. The topological polar surface area (TPSA) is 50.5 Å². The van der Waals surface area contributed by atoms with E-state index in [9.17, 15) is 4.79 Å². The Morgan fingerprint density at radius 2 is 1.71 bits per heavy atom. The summed E-state index contributed by atoms with van der Waals surface area (Å²) in [6.45, 7) is 9.12. The zero-order valence-corrected chi connectivity index (χ0v) is 18.8. The Morgan fingerprint density at radius 1 is 1.03 bits per heavy atom. The average molecular weight is 415 g/mol. The minimum absolute atomic E-state index is 0.0811. The Bertz CT molecular complexity index is 1090. The fourth-order valence-electron chi connectivity index (χ4n) is 4.46. The molecule has 2 heterocycles. The number of hydrazone groups is 1. The van der Waals surface area contributed by atoms with E-state index < -0.39 is 0 Å². The number of rotatable bonds is 6. The van der Waals surface area contributed by atoms with Gasteiger partial charge in [-0.25, -0.2) is 5.01 Å². The van der Waals surface area contributed by atoms with Gasteiger partial charge in [-0.1, -0.05) is 73.5 Å². The van der Waals surface area contributed by atoms with Crippen LogP contribution < -0.4 is 0 Å². The number of carbonyl (C=O) groups excluding carboxylic acids is 1. The molecule has 1 aliphatic rings. The van der Waals surface area contributed by atoms with Crippen molar-refractivity contribution in [1.82, 2.24) is 14.8 Å². The summed E-state index contributed by atoms with van der Waals surface area (Å²) in [6.07, 6.45) is 5.96. The second-order valence-corrected chi connectivity index (χ2v) is 8.56. The molecule has 0 bridgehead atoms. The second kappa shape index (κ2) is 8.50. The quantitative estimate of drug-likeness (QED) is 0.545. The lowest BCUT2D eigenvalue weighted by Gasteiger charge is -2.34. The highest BCUT2D eigenvalue weighted by Crippen LogP contribution is 2.37. The van der Waals surface area contributed by atoms with Crippen molar-refractivity contribution in [2.45, 2.75) is 59.0 Å². The summed E-state index contributed by atoms with van der Waals surface area (Å²) in [5.41, 5.74) is 5.95. The first-order valence-electron chi connectivity index (χ1n) is 11.0. The normalized spacial score (nSPS) is 15.2. The van der Waals surface area contributed by atoms with Crippen molar-refractivity contribution in [2.75, 3.05) is 0 Å². The van der Waals surface area contributed by atoms with Crippen LogP contribution in [0.1, 0.15) is 65.7 Å². The van der Waals surface area contributed by atoms with Gasteiger partial charge in [0.1, 0.15) is 0 Å². The maximum Gasteiger partial charge on any atom is 0.277 e. The van der Waals surface area contributed by atoms with Crippen LogP contribution >= 0.6 is 0 Å². The molecule has 31 heavy (non-hydrogen) atoms. The van der Waals surface area contributed by atoms with Gasteiger partial charge in [0.2, 0.25) is 0 Å². The molecule has 1 aromatic heterocycles. The fourth-order valence-corrected chi connectivity index (χ4v) is 4.46. The average Bonchev–Trinajstić information content (AvgIpc) is 3.39. The first kappa shape index (κ1) is 21.0. The van der Waals surface area contributed by atoms with Crippen LogP contribution in [-0.4, -0.2) is 31.9 Å². The Hall–Kier alpha value is -3.21. The Labute approximate surface area is 184 Å². The van der Waals surface area contributed by atoms with E-state index in [2.05, 4.69) is 63.1 Å². The van der Waals surface area contributed by atoms with Crippen LogP contribution in [0.3, 0.4) is 0 Å². The van der Waals surface area contributed by atoms with Crippen molar-refractivity contribution in [1.29, 1.82) is 0 Å². The summed E-state index contributed by atoms with van der Waals surface area (Å²) >= 11 is 0. The number of amides is 1. The Balaban J connectivity index is 1.64. The number of aromatic nitrogens is 2. The number of hydrogen-bond donors (Lipinski definition) is 0. The minimum atomic E-state index is -0.300. The van der Waals surface area contributed by atoms with E-state index in [1.165, 1.54) is 11.1 Å². The molecule has 0 N–H and O–H groups in total. The molecular weight excluding hydrogens is 384 g/mol. The van der Waals surface area contributed by atoms with Crippen LogP contribution in [0.5, 0.6) is 0 Å². The largest absolute Gasteiger partial charge is 0.277 e. The van der Waals surface area contributed by atoms with Crippen LogP contribution in [0, 0.1) is 13.8 Å². The van der Waals surface area contributed by atoms with Gasteiger partial charge in [-0.15, -0.1) is 0 Å². The van der Waals surface area contributed by atoms with Gasteiger partial charge in [-0.2, -0.15) is 10.2 Å². The van der Waals surface area contributed by atoms with E-state index in [0.29, 0.717) is 12.1 Å². The predicted octanol–water partition coefficient (Wildman–Crippen LogP) is 5.36. The van der Waals surface area contributed by atoms with E-state index in [-0.39, 0.29) is 11.4 Å². The number of hydrogen-bond acceptors (Lipinski definition) is 3. The first-order chi connectivity index (χ1) is 14.9. The van der Waals surface area contributed by atoms with Gasteiger partial charge in [-0.05, 0) is 37.8 Å². The second-order valence-electron chi connectivity index (χ2n) is 8.56. The molecule has 1 aliphatic heterocycles. The maximum absolute atomic E-state index is 13.5. The summed E-state index contributed by atoms with van der Waals surface area (Å²) in [7, 11) is 0. The van der Waals surface area contributed by atoms with Crippen LogP contribution in [0.4, 0.5) is 0 Å². The minimum Gasteiger partial charge on any atom is -0.268 e. The molecule has 0 atom stereocenters. The third-order valence-electron chi connectivity index (χ3n) is 6.30. The SMILES string of the molecule is CCC1(CC)CC(c2cc(C)cc(C)c2)=NN1C(=O)c1cnn(Cc2ccccc2)c1. The maximum atomic E-state index is 13.5. The summed E-state index contributed by atoms with van der Waals surface area (Å²) < 4.78 is 1.81. The highest BCUT2D eigenvalue weighted by molar-refractivity contribution is 6.05. The van der Waals surface area contributed by atoms with Crippen LogP contribution in [0.2, 0.25) is 0 Å².